The Kier molecular flexibility index (Phi) is 7.14. The molecule has 1 rings (SSSR count). The van der Waals surface area contributed by atoms with Gasteiger partial charge in [-0.2, -0.15) is 11.8 Å². The summed E-state index contributed by atoms with van der Waals surface area (Å²) >= 11 is 1.89. The van der Waals surface area contributed by atoms with E-state index in [1.165, 1.54) is 5.56 Å². The minimum atomic E-state index is 0. The van der Waals surface area contributed by atoms with Crippen LogP contribution in [0.25, 0.3) is 0 Å². The van der Waals surface area contributed by atoms with Gasteiger partial charge in [0.25, 0.3) is 0 Å². The molecule has 0 amide bonds. The molecule has 0 bridgehead atoms. The van der Waals surface area contributed by atoms with Gasteiger partial charge in [0.05, 0.1) is 0 Å². The van der Waals surface area contributed by atoms with E-state index in [4.69, 9.17) is 5.73 Å². The van der Waals surface area contributed by atoms with Gasteiger partial charge in [-0.05, 0) is 12.5 Å². The summed E-state index contributed by atoms with van der Waals surface area (Å²) < 4.78 is 0. The Morgan fingerprint density at radius 2 is 1.92 bits per heavy atom. The van der Waals surface area contributed by atoms with E-state index < -0.39 is 0 Å². The standard InChI is InChI=1S/C10H15NS.ClH/c1-9(11)7-12-8-10-5-3-2-4-6-10;/h2-6,9H,7-8,11H2,1H3;1H. The van der Waals surface area contributed by atoms with Crippen LogP contribution in [0, 0.1) is 0 Å². The van der Waals surface area contributed by atoms with Gasteiger partial charge in [-0.3, -0.25) is 0 Å². The quantitative estimate of drug-likeness (QED) is 0.840. The van der Waals surface area contributed by atoms with Crippen molar-refractivity contribution >= 4 is 24.2 Å². The lowest BCUT2D eigenvalue weighted by Gasteiger charge is -2.03. The number of thioether (sulfide) groups is 1. The Morgan fingerprint density at radius 1 is 1.31 bits per heavy atom. The highest BCUT2D eigenvalue weighted by Gasteiger charge is 1.95. The average molecular weight is 218 g/mol. The SMILES string of the molecule is CC(N)CSCc1ccccc1.Cl. The van der Waals surface area contributed by atoms with Gasteiger partial charge in [0, 0.05) is 17.5 Å². The van der Waals surface area contributed by atoms with E-state index >= 15 is 0 Å². The lowest BCUT2D eigenvalue weighted by Crippen LogP contribution is -2.17. The zero-order chi connectivity index (χ0) is 8.81. The van der Waals surface area contributed by atoms with Crippen molar-refractivity contribution in [1.29, 1.82) is 0 Å². The van der Waals surface area contributed by atoms with Crippen LogP contribution in [0.15, 0.2) is 30.3 Å². The molecule has 0 heterocycles. The fraction of sp³-hybridized carbons (Fsp3) is 0.400. The van der Waals surface area contributed by atoms with E-state index in [-0.39, 0.29) is 12.4 Å². The Hall–Kier alpha value is -0.180. The molecule has 0 aliphatic heterocycles. The highest BCUT2D eigenvalue weighted by Crippen LogP contribution is 2.11. The first-order valence-corrected chi connectivity index (χ1v) is 5.32. The van der Waals surface area contributed by atoms with Crippen LogP contribution in [-0.4, -0.2) is 11.8 Å². The van der Waals surface area contributed by atoms with Crippen molar-refractivity contribution < 1.29 is 0 Å². The largest absolute Gasteiger partial charge is 0.327 e. The van der Waals surface area contributed by atoms with Crippen molar-refractivity contribution in [3.63, 3.8) is 0 Å². The van der Waals surface area contributed by atoms with Crippen molar-refractivity contribution in [3.05, 3.63) is 35.9 Å². The van der Waals surface area contributed by atoms with Gasteiger partial charge in [-0.25, -0.2) is 0 Å². The molecule has 0 aromatic heterocycles. The Morgan fingerprint density at radius 3 is 2.46 bits per heavy atom. The maximum Gasteiger partial charge on any atom is 0.0185 e. The van der Waals surface area contributed by atoms with Crippen molar-refractivity contribution in [2.24, 2.45) is 5.73 Å². The molecule has 1 aromatic carbocycles. The zero-order valence-corrected chi connectivity index (χ0v) is 9.41. The van der Waals surface area contributed by atoms with Crippen molar-refractivity contribution in [2.45, 2.75) is 18.7 Å². The van der Waals surface area contributed by atoms with Gasteiger partial charge in [0.15, 0.2) is 0 Å². The molecule has 0 fully saturated rings. The third-order valence-corrected chi connectivity index (χ3v) is 2.79. The van der Waals surface area contributed by atoms with Gasteiger partial charge >= 0.3 is 0 Å². The Bertz CT molecular complexity index is 213. The highest BCUT2D eigenvalue weighted by molar-refractivity contribution is 7.98. The summed E-state index contributed by atoms with van der Waals surface area (Å²) in [4.78, 5) is 0. The molecule has 0 saturated carbocycles. The number of benzene rings is 1. The third-order valence-electron chi connectivity index (χ3n) is 1.49. The van der Waals surface area contributed by atoms with Crippen molar-refractivity contribution in [2.75, 3.05) is 5.75 Å². The molecule has 0 spiro atoms. The van der Waals surface area contributed by atoms with Crippen LogP contribution in [0.1, 0.15) is 12.5 Å². The molecular formula is C10H16ClNS. The van der Waals surface area contributed by atoms with Crippen LogP contribution in [0.2, 0.25) is 0 Å². The number of nitrogens with two attached hydrogens (primary N) is 1. The van der Waals surface area contributed by atoms with Crippen LogP contribution in [0.4, 0.5) is 0 Å². The van der Waals surface area contributed by atoms with E-state index in [0.717, 1.165) is 11.5 Å². The molecule has 1 atom stereocenters. The average Bonchev–Trinajstić information content (AvgIpc) is 2.05. The van der Waals surface area contributed by atoms with Gasteiger partial charge in [0.2, 0.25) is 0 Å². The number of hydrogen-bond donors (Lipinski definition) is 1. The maximum absolute atomic E-state index is 5.64. The monoisotopic (exact) mass is 217 g/mol. The van der Waals surface area contributed by atoms with E-state index in [1.54, 1.807) is 0 Å². The van der Waals surface area contributed by atoms with Crippen molar-refractivity contribution in [3.8, 4) is 0 Å². The van der Waals surface area contributed by atoms with Crippen LogP contribution in [0.3, 0.4) is 0 Å². The Balaban J connectivity index is 0.00000144. The van der Waals surface area contributed by atoms with E-state index in [2.05, 4.69) is 24.3 Å². The predicted molar refractivity (Wildman–Crippen MR) is 63.5 cm³/mol. The van der Waals surface area contributed by atoms with Crippen LogP contribution < -0.4 is 5.73 Å². The molecule has 1 aromatic rings. The Labute approximate surface area is 90.5 Å². The minimum absolute atomic E-state index is 0. The number of rotatable bonds is 4. The zero-order valence-electron chi connectivity index (χ0n) is 7.77. The molecule has 1 unspecified atom stereocenters. The molecular weight excluding hydrogens is 202 g/mol. The summed E-state index contributed by atoms with van der Waals surface area (Å²) in [7, 11) is 0. The summed E-state index contributed by atoms with van der Waals surface area (Å²) in [5.41, 5.74) is 7.01. The predicted octanol–water partition coefficient (Wildman–Crippen LogP) is 2.69. The molecule has 74 valence electrons. The molecule has 0 saturated heterocycles. The molecule has 0 aliphatic rings. The van der Waals surface area contributed by atoms with Crippen LogP contribution >= 0.6 is 24.2 Å². The normalized spacial score (nSPS) is 11.8. The lowest BCUT2D eigenvalue weighted by atomic mass is 10.2. The highest BCUT2D eigenvalue weighted by atomic mass is 35.5. The van der Waals surface area contributed by atoms with Gasteiger partial charge in [0.1, 0.15) is 0 Å². The van der Waals surface area contributed by atoms with Gasteiger partial charge in [-0.15, -0.1) is 12.4 Å². The van der Waals surface area contributed by atoms with Crippen LogP contribution in [0.5, 0.6) is 0 Å². The van der Waals surface area contributed by atoms with Gasteiger partial charge in [-0.1, -0.05) is 30.3 Å². The first-order valence-electron chi connectivity index (χ1n) is 4.16. The van der Waals surface area contributed by atoms with Crippen molar-refractivity contribution in [1.82, 2.24) is 0 Å². The van der Waals surface area contributed by atoms with E-state index in [9.17, 15) is 0 Å². The molecule has 0 radical (unpaired) electrons. The second-order valence-corrected chi connectivity index (χ2v) is 4.01. The smallest absolute Gasteiger partial charge is 0.0185 e. The maximum atomic E-state index is 5.64. The van der Waals surface area contributed by atoms with E-state index in [0.29, 0.717) is 6.04 Å². The molecule has 3 heteroatoms. The second-order valence-electron chi connectivity index (χ2n) is 2.98. The minimum Gasteiger partial charge on any atom is -0.327 e. The molecule has 1 nitrogen and oxygen atoms in total. The summed E-state index contributed by atoms with van der Waals surface area (Å²) in [6, 6.07) is 10.8. The molecule has 0 aliphatic carbocycles. The van der Waals surface area contributed by atoms with E-state index in [1.807, 2.05) is 24.8 Å². The van der Waals surface area contributed by atoms with Crippen LogP contribution in [-0.2, 0) is 5.75 Å². The fourth-order valence-electron chi connectivity index (χ4n) is 0.937. The number of halogens is 1. The third kappa shape index (κ3) is 5.97. The molecule has 13 heavy (non-hydrogen) atoms. The molecule has 2 N–H and O–H groups in total. The summed E-state index contributed by atoms with van der Waals surface area (Å²) in [5, 5.41) is 0. The first kappa shape index (κ1) is 12.8. The fourth-order valence-corrected chi connectivity index (χ4v) is 1.85. The number of hydrogen-bond acceptors (Lipinski definition) is 2. The summed E-state index contributed by atoms with van der Waals surface area (Å²) in [5.74, 6) is 2.11. The topological polar surface area (TPSA) is 26.0 Å². The second kappa shape index (κ2) is 7.25. The lowest BCUT2D eigenvalue weighted by molar-refractivity contribution is 0.847. The first-order chi connectivity index (χ1) is 5.79. The summed E-state index contributed by atoms with van der Waals surface area (Å²) in [6.07, 6.45) is 0. The summed E-state index contributed by atoms with van der Waals surface area (Å²) in [6.45, 7) is 2.04. The van der Waals surface area contributed by atoms with Gasteiger partial charge < -0.3 is 5.73 Å².